The molecule has 0 atom stereocenters. The van der Waals surface area contributed by atoms with Crippen molar-refractivity contribution in [3.63, 3.8) is 0 Å². The zero-order valence-electron chi connectivity index (χ0n) is 7.68. The van der Waals surface area contributed by atoms with Gasteiger partial charge in [-0.15, -0.1) is 0 Å². The van der Waals surface area contributed by atoms with Gasteiger partial charge < -0.3 is 14.9 Å². The second-order valence-corrected chi connectivity index (χ2v) is 3.59. The van der Waals surface area contributed by atoms with E-state index in [9.17, 15) is 10.2 Å². The Bertz CT molecular complexity index is 318. The average molecular weight is 247 g/mol. The predicted octanol–water partition coefficient (Wildman–Crippen LogP) is 2.49. The van der Waals surface area contributed by atoms with E-state index in [1.54, 1.807) is 0 Å². The SMILES string of the molecule is COc1c(C)c(C)c(Br)c(O)c1O. The molecule has 0 spiro atoms. The average Bonchev–Trinajstić information content (AvgIpc) is 2.13. The van der Waals surface area contributed by atoms with E-state index < -0.39 is 0 Å². The van der Waals surface area contributed by atoms with Crippen LogP contribution in [0.15, 0.2) is 4.47 Å². The third-order valence-corrected chi connectivity index (χ3v) is 3.05. The highest BCUT2D eigenvalue weighted by Gasteiger charge is 2.17. The number of phenolic OH excluding ortho intramolecular Hbond substituents is 2. The molecule has 0 heterocycles. The maximum atomic E-state index is 9.48. The largest absolute Gasteiger partial charge is 0.503 e. The van der Waals surface area contributed by atoms with Crippen molar-refractivity contribution in [2.45, 2.75) is 13.8 Å². The molecule has 0 saturated heterocycles. The van der Waals surface area contributed by atoms with Gasteiger partial charge in [0.2, 0.25) is 5.75 Å². The minimum Gasteiger partial charge on any atom is -0.503 e. The van der Waals surface area contributed by atoms with Gasteiger partial charge in [-0.2, -0.15) is 0 Å². The maximum Gasteiger partial charge on any atom is 0.202 e. The van der Waals surface area contributed by atoms with Gasteiger partial charge >= 0.3 is 0 Å². The van der Waals surface area contributed by atoms with Crippen molar-refractivity contribution in [1.82, 2.24) is 0 Å². The second kappa shape index (κ2) is 3.46. The van der Waals surface area contributed by atoms with Gasteiger partial charge in [0, 0.05) is 0 Å². The van der Waals surface area contributed by atoms with Crippen LogP contribution in [-0.2, 0) is 0 Å². The van der Waals surface area contributed by atoms with Crippen LogP contribution in [0.3, 0.4) is 0 Å². The summed E-state index contributed by atoms with van der Waals surface area (Å²) in [5.74, 6) is -0.0874. The summed E-state index contributed by atoms with van der Waals surface area (Å²) in [5.41, 5.74) is 1.66. The van der Waals surface area contributed by atoms with E-state index in [1.807, 2.05) is 13.8 Å². The van der Waals surface area contributed by atoms with E-state index in [-0.39, 0.29) is 11.5 Å². The van der Waals surface area contributed by atoms with Crippen molar-refractivity contribution < 1.29 is 14.9 Å². The Balaban J connectivity index is 3.56. The van der Waals surface area contributed by atoms with Crippen LogP contribution in [0.5, 0.6) is 17.2 Å². The molecule has 0 saturated carbocycles. The number of aromatic hydroxyl groups is 2. The smallest absolute Gasteiger partial charge is 0.202 e. The summed E-state index contributed by atoms with van der Waals surface area (Å²) >= 11 is 3.18. The number of methoxy groups -OCH3 is 1. The second-order valence-electron chi connectivity index (χ2n) is 2.79. The van der Waals surface area contributed by atoms with Crippen LogP contribution in [0.2, 0.25) is 0 Å². The third kappa shape index (κ3) is 1.46. The summed E-state index contributed by atoms with van der Waals surface area (Å²) in [4.78, 5) is 0. The molecule has 0 amide bonds. The van der Waals surface area contributed by atoms with Crippen molar-refractivity contribution in [3.8, 4) is 17.2 Å². The first-order valence-electron chi connectivity index (χ1n) is 3.75. The Morgan fingerprint density at radius 3 is 2.08 bits per heavy atom. The molecule has 13 heavy (non-hydrogen) atoms. The van der Waals surface area contributed by atoms with Crippen molar-refractivity contribution >= 4 is 15.9 Å². The van der Waals surface area contributed by atoms with E-state index in [2.05, 4.69) is 15.9 Å². The topological polar surface area (TPSA) is 49.7 Å². The van der Waals surface area contributed by atoms with Gasteiger partial charge in [-0.25, -0.2) is 0 Å². The molecule has 72 valence electrons. The van der Waals surface area contributed by atoms with Crippen molar-refractivity contribution in [1.29, 1.82) is 0 Å². The quantitative estimate of drug-likeness (QED) is 0.749. The summed E-state index contributed by atoms with van der Waals surface area (Å²) in [6, 6.07) is 0. The lowest BCUT2D eigenvalue weighted by Crippen LogP contribution is -1.92. The molecule has 0 aliphatic carbocycles. The van der Waals surface area contributed by atoms with Crippen LogP contribution >= 0.6 is 15.9 Å². The number of rotatable bonds is 1. The molecule has 3 nitrogen and oxygen atoms in total. The zero-order chi connectivity index (χ0) is 10.2. The number of halogens is 1. The predicted molar refractivity (Wildman–Crippen MR) is 53.5 cm³/mol. The third-order valence-electron chi connectivity index (χ3n) is 2.08. The fraction of sp³-hybridized carbons (Fsp3) is 0.333. The molecule has 1 aromatic carbocycles. The monoisotopic (exact) mass is 246 g/mol. The molecule has 4 heteroatoms. The highest BCUT2D eigenvalue weighted by molar-refractivity contribution is 9.10. The van der Waals surface area contributed by atoms with E-state index >= 15 is 0 Å². The van der Waals surface area contributed by atoms with Gasteiger partial charge in [0.25, 0.3) is 0 Å². The zero-order valence-corrected chi connectivity index (χ0v) is 9.27. The molecular formula is C9H11BrO3. The number of ether oxygens (including phenoxy) is 1. The molecule has 0 fully saturated rings. The van der Waals surface area contributed by atoms with Crippen LogP contribution < -0.4 is 4.74 Å². The Kier molecular flexibility index (Phi) is 2.71. The fourth-order valence-corrected chi connectivity index (χ4v) is 1.64. The first-order valence-corrected chi connectivity index (χ1v) is 4.54. The lowest BCUT2D eigenvalue weighted by atomic mass is 10.1. The highest BCUT2D eigenvalue weighted by Crippen LogP contribution is 2.45. The van der Waals surface area contributed by atoms with Crippen LogP contribution in [0, 0.1) is 13.8 Å². The number of benzene rings is 1. The standard InChI is InChI=1S/C9H11BrO3/c1-4-5(2)9(13-3)8(12)7(11)6(4)10/h11-12H,1-3H3. The van der Waals surface area contributed by atoms with E-state index in [4.69, 9.17) is 4.74 Å². The van der Waals surface area contributed by atoms with E-state index in [1.165, 1.54) is 7.11 Å². The first-order chi connectivity index (χ1) is 6.00. The Morgan fingerprint density at radius 2 is 1.62 bits per heavy atom. The van der Waals surface area contributed by atoms with Crippen LogP contribution in [0.1, 0.15) is 11.1 Å². The Hall–Kier alpha value is -0.900. The summed E-state index contributed by atoms with van der Waals surface area (Å²) in [7, 11) is 1.45. The van der Waals surface area contributed by atoms with Gasteiger partial charge in [-0.1, -0.05) is 0 Å². The van der Waals surface area contributed by atoms with Gasteiger partial charge in [-0.05, 0) is 40.9 Å². The van der Waals surface area contributed by atoms with Gasteiger partial charge in [0.15, 0.2) is 11.5 Å². The molecule has 1 rings (SSSR count). The van der Waals surface area contributed by atoms with Crippen molar-refractivity contribution in [2.75, 3.05) is 7.11 Å². The van der Waals surface area contributed by atoms with Crippen molar-refractivity contribution in [2.24, 2.45) is 0 Å². The number of hydrogen-bond acceptors (Lipinski definition) is 3. The normalized spacial score (nSPS) is 10.2. The summed E-state index contributed by atoms with van der Waals surface area (Å²) in [5, 5.41) is 18.9. The van der Waals surface area contributed by atoms with E-state index in [0.29, 0.717) is 10.2 Å². The van der Waals surface area contributed by atoms with E-state index in [0.717, 1.165) is 11.1 Å². The molecule has 0 bridgehead atoms. The minimum atomic E-state index is -0.225. The van der Waals surface area contributed by atoms with Crippen LogP contribution in [-0.4, -0.2) is 17.3 Å². The maximum absolute atomic E-state index is 9.48. The molecule has 1 aromatic rings. The minimum absolute atomic E-state index is 0.181. The summed E-state index contributed by atoms with van der Waals surface area (Å²) in [6.45, 7) is 3.65. The molecular weight excluding hydrogens is 236 g/mol. The number of phenols is 2. The van der Waals surface area contributed by atoms with Gasteiger partial charge in [0.05, 0.1) is 11.6 Å². The summed E-state index contributed by atoms with van der Waals surface area (Å²) < 4.78 is 5.46. The first kappa shape index (κ1) is 10.2. The number of hydrogen-bond donors (Lipinski definition) is 2. The molecule has 0 radical (unpaired) electrons. The molecule has 0 unspecified atom stereocenters. The van der Waals surface area contributed by atoms with Crippen LogP contribution in [0.4, 0.5) is 0 Å². The molecule has 2 N–H and O–H groups in total. The van der Waals surface area contributed by atoms with Gasteiger partial charge in [-0.3, -0.25) is 0 Å². The lowest BCUT2D eigenvalue weighted by Gasteiger charge is -2.13. The Morgan fingerprint density at radius 1 is 1.08 bits per heavy atom. The lowest BCUT2D eigenvalue weighted by molar-refractivity contribution is 0.347. The van der Waals surface area contributed by atoms with Gasteiger partial charge in [0.1, 0.15) is 0 Å². The fourth-order valence-electron chi connectivity index (χ4n) is 1.15. The molecule has 0 aliphatic rings. The molecule has 0 aliphatic heterocycles. The van der Waals surface area contributed by atoms with Crippen molar-refractivity contribution in [3.05, 3.63) is 15.6 Å². The summed E-state index contributed by atoms with van der Waals surface area (Å²) in [6.07, 6.45) is 0. The Labute approximate surface area is 85.1 Å². The molecule has 0 aromatic heterocycles. The van der Waals surface area contributed by atoms with Crippen LogP contribution in [0.25, 0.3) is 0 Å². The highest BCUT2D eigenvalue weighted by atomic mass is 79.9.